The van der Waals surface area contributed by atoms with Crippen LogP contribution in [0.25, 0.3) is 33.9 Å². The number of rotatable bonds is 4. The van der Waals surface area contributed by atoms with Crippen molar-refractivity contribution in [3.05, 3.63) is 85.3 Å². The second-order valence-electron chi connectivity index (χ2n) is 9.51. The predicted octanol–water partition coefficient (Wildman–Crippen LogP) is 6.96. The Hall–Kier alpha value is -5.13. The van der Waals surface area contributed by atoms with Crippen LogP contribution < -0.4 is 15.1 Å². The van der Waals surface area contributed by atoms with Crippen LogP contribution in [0.5, 0.6) is 0 Å². The fourth-order valence-electron chi connectivity index (χ4n) is 4.74. The van der Waals surface area contributed by atoms with Gasteiger partial charge in [-0.1, -0.05) is 12.1 Å². The molecule has 2 aromatic carbocycles. The SMILES string of the molecule is CN1CCCN(C(=O)Nc2cc(-c3cnco3)cc(-c3cnco3)c2)c2nc(-c3cccc(C(F)(F)F)c3)ccc21. The summed E-state index contributed by atoms with van der Waals surface area (Å²) in [6.07, 6.45) is 1.91. The molecule has 4 heterocycles. The summed E-state index contributed by atoms with van der Waals surface area (Å²) in [6.45, 7) is 1.01. The van der Waals surface area contributed by atoms with Gasteiger partial charge in [-0.15, -0.1) is 0 Å². The number of oxazole rings is 2. The number of amides is 2. The molecule has 0 bridgehead atoms. The molecule has 208 valence electrons. The molecule has 0 radical (unpaired) electrons. The number of alkyl halides is 3. The van der Waals surface area contributed by atoms with Crippen LogP contribution in [0.3, 0.4) is 0 Å². The second kappa shape index (κ2) is 10.5. The van der Waals surface area contributed by atoms with E-state index in [1.54, 1.807) is 42.7 Å². The maximum Gasteiger partial charge on any atom is 0.416 e. The first-order chi connectivity index (χ1) is 19.8. The first-order valence-corrected chi connectivity index (χ1v) is 12.7. The van der Waals surface area contributed by atoms with Crippen LogP contribution in [-0.4, -0.2) is 41.1 Å². The summed E-state index contributed by atoms with van der Waals surface area (Å²) < 4.78 is 51.0. The fourth-order valence-corrected chi connectivity index (χ4v) is 4.74. The van der Waals surface area contributed by atoms with Crippen LogP contribution in [0.1, 0.15) is 12.0 Å². The molecular weight excluding hydrogens is 537 g/mol. The number of fused-ring (bicyclic) bond motifs is 1. The average Bonchev–Trinajstić information content (AvgIpc) is 3.67. The molecule has 1 aliphatic rings. The molecule has 0 aliphatic carbocycles. The van der Waals surface area contributed by atoms with Gasteiger partial charge in [0, 0.05) is 42.5 Å². The predicted molar refractivity (Wildman–Crippen MR) is 146 cm³/mol. The van der Waals surface area contributed by atoms with Gasteiger partial charge in [-0.05, 0) is 48.9 Å². The highest BCUT2D eigenvalue weighted by atomic mass is 19.4. The lowest BCUT2D eigenvalue weighted by atomic mass is 10.1. The minimum atomic E-state index is -4.49. The van der Waals surface area contributed by atoms with Gasteiger partial charge in [0.1, 0.15) is 0 Å². The number of aromatic nitrogens is 3. The van der Waals surface area contributed by atoms with Crippen LogP contribution in [0.4, 0.5) is 35.2 Å². The second-order valence-corrected chi connectivity index (χ2v) is 9.51. The number of nitrogens with one attached hydrogen (secondary N) is 1. The number of carbonyl (C=O) groups is 1. The van der Waals surface area contributed by atoms with E-state index < -0.39 is 17.8 Å². The zero-order chi connectivity index (χ0) is 28.6. The maximum atomic E-state index is 13.8. The largest absolute Gasteiger partial charge is 0.444 e. The lowest BCUT2D eigenvalue weighted by molar-refractivity contribution is -0.137. The molecule has 0 saturated heterocycles. The average molecular weight is 561 g/mol. The summed E-state index contributed by atoms with van der Waals surface area (Å²) in [5.74, 6) is 1.34. The van der Waals surface area contributed by atoms with Crippen LogP contribution in [0.15, 0.2) is 88.6 Å². The minimum absolute atomic E-state index is 0.298. The van der Waals surface area contributed by atoms with Gasteiger partial charge in [0.05, 0.1) is 29.3 Å². The lowest BCUT2D eigenvalue weighted by Gasteiger charge is -2.24. The van der Waals surface area contributed by atoms with E-state index in [-0.39, 0.29) is 0 Å². The topological polar surface area (TPSA) is 101 Å². The molecule has 0 saturated carbocycles. The van der Waals surface area contributed by atoms with Crippen molar-refractivity contribution >= 4 is 23.2 Å². The third-order valence-electron chi connectivity index (χ3n) is 6.75. The van der Waals surface area contributed by atoms with Crippen LogP contribution >= 0.6 is 0 Å². The number of pyridine rings is 1. The molecule has 5 aromatic rings. The molecule has 0 fully saturated rings. The summed E-state index contributed by atoms with van der Waals surface area (Å²) in [5, 5.41) is 2.94. The number of nitrogens with zero attached hydrogens (tertiary/aromatic N) is 5. The van der Waals surface area contributed by atoms with Crippen LogP contribution in [0, 0.1) is 0 Å². The number of anilines is 3. The minimum Gasteiger partial charge on any atom is -0.444 e. The van der Waals surface area contributed by atoms with Crippen molar-refractivity contribution in [2.24, 2.45) is 0 Å². The highest BCUT2D eigenvalue weighted by Gasteiger charge is 2.31. The Morgan fingerprint density at radius 2 is 1.61 bits per heavy atom. The highest BCUT2D eigenvalue weighted by Crippen LogP contribution is 2.36. The Bertz CT molecular complexity index is 1630. The van der Waals surface area contributed by atoms with E-state index in [0.717, 1.165) is 12.1 Å². The molecule has 0 unspecified atom stereocenters. The van der Waals surface area contributed by atoms with E-state index in [4.69, 9.17) is 8.83 Å². The molecular formula is C29H23F3N6O3. The number of hydrogen-bond donors (Lipinski definition) is 1. The standard InChI is InChI=1S/C29H23F3N6O3/c1-37-8-3-9-38(27-24(37)7-6-23(36-27)18-4-2-5-21(11-18)29(30,31)32)28(39)35-22-12-19(25-14-33-16-40-25)10-20(13-22)26-15-34-17-41-26/h2,4-7,10-17H,3,8-9H2,1H3,(H,35,39). The molecule has 1 N–H and O–H groups in total. The molecule has 2 amide bonds. The van der Waals surface area contributed by atoms with Gasteiger partial charge in [0.2, 0.25) is 0 Å². The Balaban J connectivity index is 1.36. The number of urea groups is 1. The molecule has 41 heavy (non-hydrogen) atoms. The van der Waals surface area contributed by atoms with Gasteiger partial charge in [-0.25, -0.2) is 19.7 Å². The van der Waals surface area contributed by atoms with Crippen molar-refractivity contribution in [3.8, 4) is 33.9 Å². The zero-order valence-electron chi connectivity index (χ0n) is 21.7. The van der Waals surface area contributed by atoms with Gasteiger partial charge < -0.3 is 19.1 Å². The lowest BCUT2D eigenvalue weighted by Crippen LogP contribution is -2.36. The van der Waals surface area contributed by atoms with Crippen molar-refractivity contribution in [3.63, 3.8) is 0 Å². The Kier molecular flexibility index (Phi) is 6.66. The molecule has 12 heteroatoms. The van der Waals surface area contributed by atoms with E-state index >= 15 is 0 Å². The van der Waals surface area contributed by atoms with Crippen molar-refractivity contribution in [2.75, 3.05) is 35.3 Å². The smallest absolute Gasteiger partial charge is 0.416 e. The van der Waals surface area contributed by atoms with E-state index in [2.05, 4.69) is 20.3 Å². The third-order valence-corrected chi connectivity index (χ3v) is 6.75. The van der Waals surface area contributed by atoms with Gasteiger partial charge >= 0.3 is 12.2 Å². The number of hydrogen-bond acceptors (Lipinski definition) is 7. The molecule has 6 rings (SSSR count). The van der Waals surface area contributed by atoms with Crippen molar-refractivity contribution < 1.29 is 26.8 Å². The first kappa shape index (κ1) is 26.1. The zero-order valence-corrected chi connectivity index (χ0v) is 21.7. The van der Waals surface area contributed by atoms with Crippen molar-refractivity contribution in [1.29, 1.82) is 0 Å². The summed E-state index contributed by atoms with van der Waals surface area (Å²) in [6, 6.07) is 13.3. The van der Waals surface area contributed by atoms with Gasteiger partial charge in [0.15, 0.2) is 30.1 Å². The third kappa shape index (κ3) is 5.36. The molecule has 1 aliphatic heterocycles. The highest BCUT2D eigenvalue weighted by molar-refractivity contribution is 6.04. The molecule has 9 nitrogen and oxygen atoms in total. The molecule has 0 spiro atoms. The normalized spacial score (nSPS) is 13.6. The van der Waals surface area contributed by atoms with Crippen LogP contribution in [-0.2, 0) is 6.18 Å². The summed E-state index contributed by atoms with van der Waals surface area (Å²) >= 11 is 0. The van der Waals surface area contributed by atoms with Crippen molar-refractivity contribution in [1.82, 2.24) is 15.0 Å². The first-order valence-electron chi connectivity index (χ1n) is 12.7. The van der Waals surface area contributed by atoms with E-state index in [9.17, 15) is 18.0 Å². The monoisotopic (exact) mass is 560 g/mol. The van der Waals surface area contributed by atoms with E-state index in [0.29, 0.717) is 70.6 Å². The number of carbonyl (C=O) groups excluding carboxylic acids is 1. The van der Waals surface area contributed by atoms with Crippen LogP contribution in [0.2, 0.25) is 0 Å². The van der Waals surface area contributed by atoms with Gasteiger partial charge in [0.25, 0.3) is 0 Å². The summed E-state index contributed by atoms with van der Waals surface area (Å²) in [4.78, 5) is 29.9. The summed E-state index contributed by atoms with van der Waals surface area (Å²) in [7, 11) is 1.89. The van der Waals surface area contributed by atoms with Gasteiger partial charge in [-0.3, -0.25) is 4.90 Å². The quantitative estimate of drug-likeness (QED) is 0.254. The fraction of sp³-hybridized carbons (Fsp3) is 0.172. The Morgan fingerprint density at radius 1 is 0.902 bits per heavy atom. The Morgan fingerprint density at radius 3 is 2.24 bits per heavy atom. The maximum absolute atomic E-state index is 13.8. The van der Waals surface area contributed by atoms with Crippen molar-refractivity contribution in [2.45, 2.75) is 12.6 Å². The summed E-state index contributed by atoms with van der Waals surface area (Å²) in [5.41, 5.74) is 2.32. The van der Waals surface area contributed by atoms with Gasteiger partial charge in [-0.2, -0.15) is 13.2 Å². The molecule has 3 aromatic heterocycles. The number of benzene rings is 2. The molecule has 0 atom stereocenters. The van der Waals surface area contributed by atoms with E-state index in [1.165, 1.54) is 23.8 Å². The Labute approximate surface area is 232 Å². The number of halogens is 3. The van der Waals surface area contributed by atoms with E-state index in [1.807, 2.05) is 18.0 Å².